The zero-order valence-electron chi connectivity index (χ0n) is 14.8. The number of sulfonamides is 1. The lowest BCUT2D eigenvalue weighted by Gasteiger charge is -2.12. The summed E-state index contributed by atoms with van der Waals surface area (Å²) in [6, 6.07) is 19.1. The number of nitrogens with one attached hydrogen (secondary N) is 2. The molecule has 0 atom stereocenters. The molecule has 4 rings (SSSR count). The number of alkyl halides is 2. The van der Waals surface area contributed by atoms with E-state index in [0.29, 0.717) is 17.1 Å². The summed E-state index contributed by atoms with van der Waals surface area (Å²) < 4.78 is 57.3. The first kappa shape index (κ1) is 18.9. The maximum atomic E-state index is 12.8. The lowest BCUT2D eigenvalue weighted by Crippen LogP contribution is -2.14. The van der Waals surface area contributed by atoms with E-state index in [0.717, 1.165) is 17.1 Å². The van der Waals surface area contributed by atoms with Gasteiger partial charge in [0.2, 0.25) is 0 Å². The Morgan fingerprint density at radius 3 is 2.52 bits per heavy atom. The van der Waals surface area contributed by atoms with Gasteiger partial charge in [0.1, 0.15) is 11.6 Å². The normalized spacial score (nSPS) is 11.7. The number of rotatable bonds is 6. The number of aromatic nitrogens is 2. The predicted molar refractivity (Wildman–Crippen MR) is 105 cm³/mol. The van der Waals surface area contributed by atoms with Gasteiger partial charge in [-0.2, -0.15) is 8.78 Å². The van der Waals surface area contributed by atoms with Gasteiger partial charge in [0.05, 0.1) is 21.6 Å². The molecule has 0 aliphatic rings. The number of anilines is 1. The predicted octanol–water partition coefficient (Wildman–Crippen LogP) is 4.63. The molecule has 3 aromatic carbocycles. The van der Waals surface area contributed by atoms with E-state index in [1.54, 1.807) is 24.3 Å². The van der Waals surface area contributed by atoms with Crippen LogP contribution in [0.25, 0.3) is 22.4 Å². The van der Waals surface area contributed by atoms with Crippen LogP contribution in [-0.2, 0) is 10.0 Å². The average molecular weight is 415 g/mol. The highest BCUT2D eigenvalue weighted by Gasteiger charge is 2.19. The lowest BCUT2D eigenvalue weighted by molar-refractivity contribution is -0.0499. The summed E-state index contributed by atoms with van der Waals surface area (Å²) in [7, 11) is -4.05. The van der Waals surface area contributed by atoms with E-state index < -0.39 is 16.6 Å². The first-order valence-corrected chi connectivity index (χ1v) is 10.0. The van der Waals surface area contributed by atoms with Crippen LogP contribution in [0.2, 0.25) is 0 Å². The molecule has 4 aromatic rings. The molecule has 148 valence electrons. The van der Waals surface area contributed by atoms with E-state index in [9.17, 15) is 17.2 Å². The molecule has 2 N–H and O–H groups in total. The fourth-order valence-electron chi connectivity index (χ4n) is 2.88. The van der Waals surface area contributed by atoms with Gasteiger partial charge < -0.3 is 9.72 Å². The zero-order chi connectivity index (χ0) is 20.4. The quantitative estimate of drug-likeness (QED) is 0.481. The summed E-state index contributed by atoms with van der Waals surface area (Å²) in [5.41, 5.74) is 2.41. The molecular formula is C20H15F2N3O3S. The highest BCUT2D eigenvalue weighted by Crippen LogP contribution is 2.30. The Balaban J connectivity index is 1.70. The molecule has 0 radical (unpaired) electrons. The van der Waals surface area contributed by atoms with Gasteiger partial charge >= 0.3 is 6.61 Å². The molecule has 0 aliphatic carbocycles. The van der Waals surface area contributed by atoms with Crippen LogP contribution in [0.4, 0.5) is 14.5 Å². The molecule has 0 unspecified atom stereocenters. The summed E-state index contributed by atoms with van der Waals surface area (Å²) in [4.78, 5) is 7.46. The van der Waals surface area contributed by atoms with Crippen molar-refractivity contribution in [2.75, 3.05) is 4.72 Å². The third-order valence-electron chi connectivity index (χ3n) is 4.16. The molecule has 1 heterocycles. The molecule has 0 amide bonds. The third-order valence-corrected chi connectivity index (χ3v) is 5.52. The van der Waals surface area contributed by atoms with Crippen LogP contribution in [0.1, 0.15) is 0 Å². The summed E-state index contributed by atoms with van der Waals surface area (Å²) >= 11 is 0. The maximum Gasteiger partial charge on any atom is 0.387 e. The molecule has 6 nitrogen and oxygen atoms in total. The number of H-pyrrole nitrogens is 1. The van der Waals surface area contributed by atoms with Crippen molar-refractivity contribution in [1.82, 2.24) is 9.97 Å². The summed E-state index contributed by atoms with van der Waals surface area (Å²) in [6.45, 7) is -3.05. The Morgan fingerprint density at radius 2 is 1.72 bits per heavy atom. The van der Waals surface area contributed by atoms with Crippen LogP contribution in [0, 0.1) is 0 Å². The minimum absolute atomic E-state index is 0.199. The largest absolute Gasteiger partial charge is 0.435 e. The second kappa shape index (κ2) is 7.51. The summed E-state index contributed by atoms with van der Waals surface area (Å²) in [6.07, 6.45) is 0. The van der Waals surface area contributed by atoms with Gasteiger partial charge in [-0.1, -0.05) is 30.3 Å². The van der Waals surface area contributed by atoms with Gasteiger partial charge in [-0.15, -0.1) is 0 Å². The molecule has 0 aliphatic heterocycles. The minimum Gasteiger partial charge on any atom is -0.435 e. The molecule has 0 saturated carbocycles. The molecular weight excluding hydrogens is 400 g/mol. The number of benzene rings is 3. The minimum atomic E-state index is -4.05. The van der Waals surface area contributed by atoms with Gasteiger partial charge in [0, 0.05) is 11.6 Å². The van der Waals surface area contributed by atoms with Crippen molar-refractivity contribution in [2.24, 2.45) is 0 Å². The Hall–Kier alpha value is -3.46. The number of imidazole rings is 1. The van der Waals surface area contributed by atoms with Crippen LogP contribution in [-0.4, -0.2) is 25.0 Å². The van der Waals surface area contributed by atoms with Crippen LogP contribution in [0.15, 0.2) is 77.7 Å². The fourth-order valence-corrected chi connectivity index (χ4v) is 3.99. The van der Waals surface area contributed by atoms with Gasteiger partial charge in [-0.3, -0.25) is 4.72 Å². The molecule has 0 bridgehead atoms. The zero-order valence-corrected chi connectivity index (χ0v) is 15.7. The van der Waals surface area contributed by atoms with E-state index in [1.807, 2.05) is 24.3 Å². The van der Waals surface area contributed by atoms with E-state index in [-0.39, 0.29) is 10.6 Å². The molecule has 0 fully saturated rings. The van der Waals surface area contributed by atoms with Crippen molar-refractivity contribution < 1.29 is 21.9 Å². The second-order valence-electron chi connectivity index (χ2n) is 6.11. The Kier molecular flexibility index (Phi) is 4.89. The van der Waals surface area contributed by atoms with E-state index >= 15 is 0 Å². The standard InChI is InChI=1S/C20H15F2N3O3S/c21-20(22)28-13-6-5-7-14(12-13)29(26,27)25-16-9-2-1-8-15(16)19-23-17-10-3-4-11-18(17)24-19/h1-12,20,25H,(H,23,24). The molecule has 0 spiro atoms. The first-order valence-electron chi connectivity index (χ1n) is 8.54. The number of hydrogen-bond acceptors (Lipinski definition) is 4. The third kappa shape index (κ3) is 4.04. The van der Waals surface area contributed by atoms with Crippen molar-refractivity contribution >= 4 is 26.7 Å². The SMILES string of the molecule is O=S(=O)(Nc1ccccc1-c1nc2ccccc2[nH]1)c1cccc(OC(F)F)c1. The van der Waals surface area contributed by atoms with Crippen LogP contribution >= 0.6 is 0 Å². The Labute approximate surface area is 165 Å². The smallest absolute Gasteiger partial charge is 0.387 e. The number of nitrogens with zero attached hydrogens (tertiary/aromatic N) is 1. The van der Waals surface area contributed by atoms with Gasteiger partial charge in [-0.05, 0) is 36.4 Å². The van der Waals surface area contributed by atoms with Crippen LogP contribution in [0.3, 0.4) is 0 Å². The van der Waals surface area contributed by atoms with Gasteiger partial charge in [0.25, 0.3) is 10.0 Å². The average Bonchev–Trinajstić information content (AvgIpc) is 3.12. The van der Waals surface area contributed by atoms with Crippen molar-refractivity contribution in [3.8, 4) is 17.1 Å². The summed E-state index contributed by atoms with van der Waals surface area (Å²) in [5.74, 6) is 0.257. The van der Waals surface area contributed by atoms with Gasteiger partial charge in [0.15, 0.2) is 0 Å². The van der Waals surface area contributed by atoms with Crippen LogP contribution < -0.4 is 9.46 Å². The maximum absolute atomic E-state index is 12.8. The fraction of sp³-hybridized carbons (Fsp3) is 0.0500. The van der Waals surface area contributed by atoms with E-state index in [4.69, 9.17) is 0 Å². The lowest BCUT2D eigenvalue weighted by atomic mass is 10.2. The highest BCUT2D eigenvalue weighted by molar-refractivity contribution is 7.92. The number of fused-ring (bicyclic) bond motifs is 1. The van der Waals surface area contributed by atoms with Crippen molar-refractivity contribution in [3.05, 3.63) is 72.8 Å². The van der Waals surface area contributed by atoms with E-state index in [1.165, 1.54) is 18.2 Å². The Morgan fingerprint density at radius 1 is 0.966 bits per heavy atom. The number of ether oxygens (including phenoxy) is 1. The topological polar surface area (TPSA) is 84.1 Å². The molecule has 0 saturated heterocycles. The number of aromatic amines is 1. The molecule has 9 heteroatoms. The number of para-hydroxylation sites is 3. The summed E-state index contributed by atoms with van der Waals surface area (Å²) in [5, 5.41) is 0. The van der Waals surface area contributed by atoms with Crippen LogP contribution in [0.5, 0.6) is 5.75 Å². The number of halogens is 2. The van der Waals surface area contributed by atoms with Crippen molar-refractivity contribution in [1.29, 1.82) is 0 Å². The monoisotopic (exact) mass is 415 g/mol. The second-order valence-corrected chi connectivity index (χ2v) is 7.79. The number of hydrogen-bond donors (Lipinski definition) is 2. The van der Waals surface area contributed by atoms with Crippen molar-refractivity contribution in [3.63, 3.8) is 0 Å². The van der Waals surface area contributed by atoms with Crippen molar-refractivity contribution in [2.45, 2.75) is 11.5 Å². The van der Waals surface area contributed by atoms with E-state index in [2.05, 4.69) is 19.4 Å². The first-order chi connectivity index (χ1) is 13.9. The molecule has 29 heavy (non-hydrogen) atoms. The highest BCUT2D eigenvalue weighted by atomic mass is 32.2. The molecule has 1 aromatic heterocycles. The Bertz CT molecular complexity index is 1240. The van der Waals surface area contributed by atoms with Gasteiger partial charge in [-0.25, -0.2) is 13.4 Å².